The lowest BCUT2D eigenvalue weighted by Crippen LogP contribution is -2.45. The number of likely N-dealkylation sites (tertiary alicyclic amines) is 2. The van der Waals surface area contributed by atoms with E-state index < -0.39 is 0 Å². The Balaban J connectivity index is 1.53. The first-order chi connectivity index (χ1) is 13.0. The molecule has 1 aromatic heterocycles. The predicted molar refractivity (Wildman–Crippen MR) is 105 cm³/mol. The van der Waals surface area contributed by atoms with E-state index in [1.165, 1.54) is 0 Å². The average Bonchev–Trinajstić information content (AvgIpc) is 3.23. The van der Waals surface area contributed by atoms with E-state index in [-0.39, 0.29) is 17.9 Å². The van der Waals surface area contributed by atoms with Gasteiger partial charge >= 0.3 is 0 Å². The van der Waals surface area contributed by atoms with Crippen LogP contribution in [-0.4, -0.2) is 47.3 Å². The third-order valence-corrected chi connectivity index (χ3v) is 6.08. The highest BCUT2D eigenvalue weighted by Crippen LogP contribution is 2.30. The lowest BCUT2D eigenvalue weighted by molar-refractivity contribution is -0.127. The van der Waals surface area contributed by atoms with Gasteiger partial charge in [0, 0.05) is 43.0 Å². The van der Waals surface area contributed by atoms with Crippen LogP contribution in [0.2, 0.25) is 0 Å². The summed E-state index contributed by atoms with van der Waals surface area (Å²) in [4.78, 5) is 29.1. The van der Waals surface area contributed by atoms with Gasteiger partial charge in [-0.1, -0.05) is 11.6 Å². The molecule has 2 amide bonds. The van der Waals surface area contributed by atoms with Gasteiger partial charge in [-0.3, -0.25) is 9.59 Å². The van der Waals surface area contributed by atoms with Crippen LogP contribution in [0.1, 0.15) is 60.2 Å². The van der Waals surface area contributed by atoms with E-state index in [2.05, 4.69) is 6.07 Å². The fourth-order valence-corrected chi connectivity index (χ4v) is 4.48. The van der Waals surface area contributed by atoms with E-state index in [1.807, 2.05) is 35.8 Å². The van der Waals surface area contributed by atoms with Crippen molar-refractivity contribution in [2.75, 3.05) is 19.6 Å². The molecule has 0 aliphatic carbocycles. The van der Waals surface area contributed by atoms with E-state index >= 15 is 0 Å². The molecule has 5 nitrogen and oxygen atoms in total. The maximum Gasteiger partial charge on any atom is 0.290 e. The SMILES string of the molecule is Cc1ccc2oc(C(=O)N3CCCCC3CCN3CCCC3=O)c(C)c2c1. The lowest BCUT2D eigenvalue weighted by Gasteiger charge is -2.36. The molecule has 5 heteroatoms. The summed E-state index contributed by atoms with van der Waals surface area (Å²) >= 11 is 0. The van der Waals surface area contributed by atoms with Crippen molar-refractivity contribution in [2.45, 2.75) is 58.4 Å². The van der Waals surface area contributed by atoms with Crippen molar-refractivity contribution >= 4 is 22.8 Å². The molecule has 2 fully saturated rings. The summed E-state index contributed by atoms with van der Waals surface area (Å²) in [5, 5.41) is 1.02. The molecule has 0 radical (unpaired) electrons. The number of furan rings is 1. The molecule has 1 atom stereocenters. The second-order valence-electron chi connectivity index (χ2n) is 7.98. The van der Waals surface area contributed by atoms with Crippen molar-refractivity contribution in [3.63, 3.8) is 0 Å². The third kappa shape index (κ3) is 3.47. The molecule has 0 saturated carbocycles. The van der Waals surface area contributed by atoms with Gasteiger partial charge in [-0.05, 0) is 58.1 Å². The van der Waals surface area contributed by atoms with Gasteiger partial charge in [0.05, 0.1) is 0 Å². The molecule has 0 N–H and O–H groups in total. The van der Waals surface area contributed by atoms with Crippen LogP contribution in [0.3, 0.4) is 0 Å². The number of carbonyl (C=O) groups excluding carboxylic acids is 2. The van der Waals surface area contributed by atoms with Gasteiger partial charge in [0.25, 0.3) is 5.91 Å². The number of amides is 2. The minimum absolute atomic E-state index is 0.00111. The second kappa shape index (κ2) is 7.37. The zero-order valence-electron chi connectivity index (χ0n) is 16.3. The lowest BCUT2D eigenvalue weighted by atomic mass is 9.98. The number of hydrogen-bond acceptors (Lipinski definition) is 3. The Morgan fingerprint density at radius 3 is 2.81 bits per heavy atom. The molecule has 144 valence electrons. The van der Waals surface area contributed by atoms with Crippen molar-refractivity contribution in [3.8, 4) is 0 Å². The number of benzene rings is 1. The molecule has 0 bridgehead atoms. The summed E-state index contributed by atoms with van der Waals surface area (Å²) in [5.41, 5.74) is 2.87. The minimum atomic E-state index is -0.00111. The van der Waals surface area contributed by atoms with Gasteiger partial charge in [0.15, 0.2) is 5.76 Å². The number of fused-ring (bicyclic) bond motifs is 1. The fourth-order valence-electron chi connectivity index (χ4n) is 4.48. The minimum Gasteiger partial charge on any atom is -0.451 e. The quantitative estimate of drug-likeness (QED) is 0.818. The molecule has 4 rings (SSSR count). The topological polar surface area (TPSA) is 53.8 Å². The molecule has 3 heterocycles. The molecule has 2 aliphatic heterocycles. The molecule has 27 heavy (non-hydrogen) atoms. The van der Waals surface area contributed by atoms with Gasteiger partial charge in [0.2, 0.25) is 5.91 Å². The smallest absolute Gasteiger partial charge is 0.290 e. The highest BCUT2D eigenvalue weighted by molar-refractivity contribution is 5.99. The number of hydrogen-bond donors (Lipinski definition) is 0. The van der Waals surface area contributed by atoms with Crippen LogP contribution in [-0.2, 0) is 4.79 Å². The first kappa shape index (κ1) is 18.1. The van der Waals surface area contributed by atoms with Crippen molar-refractivity contribution in [1.29, 1.82) is 0 Å². The van der Waals surface area contributed by atoms with Gasteiger partial charge < -0.3 is 14.2 Å². The van der Waals surface area contributed by atoms with Crippen LogP contribution in [0.15, 0.2) is 22.6 Å². The van der Waals surface area contributed by atoms with Crippen LogP contribution >= 0.6 is 0 Å². The number of carbonyl (C=O) groups is 2. The number of nitrogens with zero attached hydrogens (tertiary/aromatic N) is 2. The van der Waals surface area contributed by atoms with Gasteiger partial charge in [-0.15, -0.1) is 0 Å². The van der Waals surface area contributed by atoms with E-state index in [9.17, 15) is 9.59 Å². The van der Waals surface area contributed by atoms with Gasteiger partial charge in [-0.2, -0.15) is 0 Å². The molecule has 2 aromatic rings. The molecular formula is C22H28N2O3. The van der Waals surface area contributed by atoms with Crippen molar-refractivity contribution in [2.24, 2.45) is 0 Å². The van der Waals surface area contributed by atoms with Crippen LogP contribution in [0.4, 0.5) is 0 Å². The van der Waals surface area contributed by atoms with E-state index in [4.69, 9.17) is 4.42 Å². The number of rotatable bonds is 4. The molecule has 0 spiro atoms. The average molecular weight is 368 g/mol. The summed E-state index contributed by atoms with van der Waals surface area (Å²) in [5.74, 6) is 0.728. The van der Waals surface area contributed by atoms with Gasteiger partial charge in [-0.25, -0.2) is 0 Å². The van der Waals surface area contributed by atoms with Crippen LogP contribution < -0.4 is 0 Å². The highest BCUT2D eigenvalue weighted by Gasteiger charge is 2.32. The molecule has 2 aliphatic rings. The van der Waals surface area contributed by atoms with Crippen LogP contribution in [0, 0.1) is 13.8 Å². The summed E-state index contributed by atoms with van der Waals surface area (Å²) in [6.45, 7) is 6.41. The first-order valence-corrected chi connectivity index (χ1v) is 10.1. The second-order valence-corrected chi connectivity index (χ2v) is 7.98. The Hall–Kier alpha value is -2.30. The highest BCUT2D eigenvalue weighted by atomic mass is 16.3. The monoisotopic (exact) mass is 368 g/mol. The molecule has 2 saturated heterocycles. The Morgan fingerprint density at radius 1 is 1.19 bits per heavy atom. The number of aryl methyl sites for hydroxylation is 2. The van der Waals surface area contributed by atoms with Crippen molar-refractivity contribution < 1.29 is 14.0 Å². The van der Waals surface area contributed by atoms with Gasteiger partial charge in [0.1, 0.15) is 5.58 Å². The zero-order chi connectivity index (χ0) is 19.0. The molecular weight excluding hydrogens is 340 g/mol. The van der Waals surface area contributed by atoms with Crippen molar-refractivity contribution in [3.05, 3.63) is 35.1 Å². The van der Waals surface area contributed by atoms with E-state index in [1.54, 1.807) is 0 Å². The summed E-state index contributed by atoms with van der Waals surface area (Å²) in [6, 6.07) is 6.23. The third-order valence-electron chi connectivity index (χ3n) is 6.08. The Kier molecular flexibility index (Phi) is 4.94. The summed E-state index contributed by atoms with van der Waals surface area (Å²) in [7, 11) is 0. The van der Waals surface area contributed by atoms with Crippen LogP contribution in [0.25, 0.3) is 11.0 Å². The zero-order valence-corrected chi connectivity index (χ0v) is 16.3. The Bertz CT molecular complexity index is 870. The predicted octanol–water partition coefficient (Wildman–Crippen LogP) is 4.06. The standard InChI is InChI=1S/C22H28N2O3/c1-15-8-9-19-18(14-15)16(2)21(27-19)22(26)24-12-4-3-6-17(24)10-13-23-11-5-7-20(23)25/h8-9,14,17H,3-7,10-13H2,1-2H3. The summed E-state index contributed by atoms with van der Waals surface area (Å²) < 4.78 is 5.96. The maximum atomic E-state index is 13.3. The normalized spacial score (nSPS) is 20.7. The fraction of sp³-hybridized carbons (Fsp3) is 0.545. The Labute approximate surface area is 160 Å². The molecule has 1 aromatic carbocycles. The van der Waals surface area contributed by atoms with Crippen LogP contribution in [0.5, 0.6) is 0 Å². The molecule has 1 unspecified atom stereocenters. The van der Waals surface area contributed by atoms with E-state index in [0.717, 1.165) is 73.8 Å². The van der Waals surface area contributed by atoms with E-state index in [0.29, 0.717) is 12.2 Å². The maximum absolute atomic E-state index is 13.3. The largest absolute Gasteiger partial charge is 0.451 e. The Morgan fingerprint density at radius 2 is 2.04 bits per heavy atom. The number of piperidine rings is 1. The first-order valence-electron chi connectivity index (χ1n) is 10.1. The van der Waals surface area contributed by atoms with Crippen molar-refractivity contribution in [1.82, 2.24) is 9.80 Å². The summed E-state index contributed by atoms with van der Waals surface area (Å²) in [6.07, 6.45) is 5.67.